The quantitative estimate of drug-likeness (QED) is 0.851. The van der Waals surface area contributed by atoms with Crippen molar-refractivity contribution in [2.45, 2.75) is 57.2 Å². The van der Waals surface area contributed by atoms with Gasteiger partial charge in [-0.15, -0.1) is 0 Å². The number of hydrogen-bond donors (Lipinski definition) is 1. The summed E-state index contributed by atoms with van der Waals surface area (Å²) in [6, 6.07) is 0.461. The molecule has 18 heavy (non-hydrogen) atoms. The summed E-state index contributed by atoms with van der Waals surface area (Å²) in [5.41, 5.74) is 6.35. The van der Waals surface area contributed by atoms with Gasteiger partial charge in [-0.1, -0.05) is 20.3 Å². The van der Waals surface area contributed by atoms with Gasteiger partial charge in [-0.2, -0.15) is 11.8 Å². The molecule has 2 fully saturated rings. The minimum Gasteiger partial charge on any atom is -0.327 e. The Labute approximate surface area is 117 Å². The van der Waals surface area contributed by atoms with E-state index in [4.69, 9.17) is 5.73 Å². The standard InChI is InChI=1S/C15H30N2S/c1-3-12-5-6-15(16)13(9-12)10-17-7-8-18-14(4-2)11-17/h12-15H,3-11,16H2,1-2H3. The maximum Gasteiger partial charge on any atom is 0.0172 e. The van der Waals surface area contributed by atoms with Crippen LogP contribution in [0.25, 0.3) is 0 Å². The van der Waals surface area contributed by atoms with E-state index in [0.29, 0.717) is 6.04 Å². The van der Waals surface area contributed by atoms with Gasteiger partial charge in [0.05, 0.1) is 0 Å². The molecule has 2 nitrogen and oxygen atoms in total. The zero-order valence-corrected chi connectivity index (χ0v) is 12.9. The van der Waals surface area contributed by atoms with Crippen LogP contribution in [0.2, 0.25) is 0 Å². The summed E-state index contributed by atoms with van der Waals surface area (Å²) in [7, 11) is 0. The van der Waals surface area contributed by atoms with Crippen LogP contribution >= 0.6 is 11.8 Å². The van der Waals surface area contributed by atoms with E-state index in [1.165, 1.54) is 57.5 Å². The van der Waals surface area contributed by atoms with Crippen molar-refractivity contribution in [3.05, 3.63) is 0 Å². The molecule has 1 saturated carbocycles. The normalized spacial score (nSPS) is 38.8. The molecule has 2 N–H and O–H groups in total. The fourth-order valence-corrected chi connectivity index (χ4v) is 4.74. The van der Waals surface area contributed by atoms with E-state index >= 15 is 0 Å². The third-order valence-electron chi connectivity index (χ3n) is 4.90. The minimum absolute atomic E-state index is 0.461. The molecule has 2 rings (SSSR count). The molecule has 1 heterocycles. The molecule has 106 valence electrons. The van der Waals surface area contributed by atoms with Crippen molar-refractivity contribution >= 4 is 11.8 Å². The number of thioether (sulfide) groups is 1. The Morgan fingerprint density at radius 3 is 2.78 bits per heavy atom. The molecule has 2 aliphatic rings. The zero-order chi connectivity index (χ0) is 13.0. The van der Waals surface area contributed by atoms with Crippen LogP contribution in [0, 0.1) is 11.8 Å². The molecule has 1 aliphatic carbocycles. The number of nitrogens with zero attached hydrogens (tertiary/aromatic N) is 1. The minimum atomic E-state index is 0.461. The van der Waals surface area contributed by atoms with Crippen molar-refractivity contribution in [3.63, 3.8) is 0 Å². The Morgan fingerprint density at radius 2 is 2.06 bits per heavy atom. The van der Waals surface area contributed by atoms with E-state index in [1.54, 1.807) is 0 Å². The second-order valence-corrected chi connectivity index (χ2v) is 7.58. The van der Waals surface area contributed by atoms with E-state index in [9.17, 15) is 0 Å². The van der Waals surface area contributed by atoms with Crippen molar-refractivity contribution < 1.29 is 0 Å². The molecule has 0 spiro atoms. The van der Waals surface area contributed by atoms with Gasteiger partial charge in [-0.3, -0.25) is 0 Å². The monoisotopic (exact) mass is 270 g/mol. The zero-order valence-electron chi connectivity index (χ0n) is 12.1. The van der Waals surface area contributed by atoms with Crippen molar-refractivity contribution in [1.29, 1.82) is 0 Å². The summed E-state index contributed by atoms with van der Waals surface area (Å²) in [5, 5.41) is 0.862. The maximum atomic E-state index is 6.35. The van der Waals surface area contributed by atoms with E-state index < -0.39 is 0 Å². The van der Waals surface area contributed by atoms with Gasteiger partial charge in [-0.05, 0) is 37.5 Å². The van der Waals surface area contributed by atoms with Gasteiger partial charge in [0.1, 0.15) is 0 Å². The first-order chi connectivity index (χ1) is 8.72. The first-order valence-electron chi connectivity index (χ1n) is 7.82. The predicted molar refractivity (Wildman–Crippen MR) is 82.1 cm³/mol. The van der Waals surface area contributed by atoms with Crippen LogP contribution < -0.4 is 5.73 Å². The summed E-state index contributed by atoms with van der Waals surface area (Å²) in [4.78, 5) is 2.69. The summed E-state index contributed by atoms with van der Waals surface area (Å²) in [6.45, 7) is 8.49. The molecule has 0 radical (unpaired) electrons. The van der Waals surface area contributed by atoms with Gasteiger partial charge < -0.3 is 10.6 Å². The summed E-state index contributed by atoms with van der Waals surface area (Å²) < 4.78 is 0. The number of hydrogen-bond acceptors (Lipinski definition) is 3. The van der Waals surface area contributed by atoms with Crippen molar-refractivity contribution in [2.75, 3.05) is 25.4 Å². The van der Waals surface area contributed by atoms with Gasteiger partial charge in [0.25, 0.3) is 0 Å². The highest BCUT2D eigenvalue weighted by Crippen LogP contribution is 2.32. The summed E-state index contributed by atoms with van der Waals surface area (Å²) in [5.74, 6) is 3.01. The molecule has 0 amide bonds. The van der Waals surface area contributed by atoms with Crippen molar-refractivity contribution in [1.82, 2.24) is 4.90 Å². The van der Waals surface area contributed by atoms with Crippen LogP contribution in [0.15, 0.2) is 0 Å². The Bertz CT molecular complexity index is 247. The maximum absolute atomic E-state index is 6.35. The van der Waals surface area contributed by atoms with Crippen LogP contribution in [0.1, 0.15) is 46.0 Å². The Morgan fingerprint density at radius 1 is 1.22 bits per heavy atom. The molecule has 1 aliphatic heterocycles. The first kappa shape index (κ1) is 14.7. The molecule has 0 bridgehead atoms. The molecule has 0 aromatic carbocycles. The highest BCUT2D eigenvalue weighted by molar-refractivity contribution is 8.00. The third-order valence-corrected chi connectivity index (χ3v) is 6.27. The number of nitrogens with two attached hydrogens (primary N) is 1. The van der Waals surface area contributed by atoms with E-state index in [-0.39, 0.29) is 0 Å². The van der Waals surface area contributed by atoms with Gasteiger partial charge in [-0.25, -0.2) is 0 Å². The van der Waals surface area contributed by atoms with Gasteiger partial charge in [0.2, 0.25) is 0 Å². The average Bonchev–Trinajstić information content (AvgIpc) is 2.41. The molecule has 4 unspecified atom stereocenters. The largest absolute Gasteiger partial charge is 0.327 e. The molecule has 4 atom stereocenters. The fraction of sp³-hybridized carbons (Fsp3) is 1.00. The topological polar surface area (TPSA) is 29.3 Å². The first-order valence-corrected chi connectivity index (χ1v) is 8.87. The molecular formula is C15H30N2S. The van der Waals surface area contributed by atoms with E-state index in [2.05, 4.69) is 30.5 Å². The van der Waals surface area contributed by atoms with Crippen LogP contribution in [-0.4, -0.2) is 41.6 Å². The lowest BCUT2D eigenvalue weighted by molar-refractivity contribution is 0.156. The molecule has 1 saturated heterocycles. The lowest BCUT2D eigenvalue weighted by Crippen LogP contribution is -2.46. The van der Waals surface area contributed by atoms with Crippen LogP contribution in [0.3, 0.4) is 0 Å². The summed E-state index contributed by atoms with van der Waals surface area (Å²) in [6.07, 6.45) is 6.65. The smallest absolute Gasteiger partial charge is 0.0172 e. The molecule has 0 aromatic heterocycles. The lowest BCUT2D eigenvalue weighted by Gasteiger charge is -2.39. The van der Waals surface area contributed by atoms with E-state index in [0.717, 1.165) is 17.1 Å². The lowest BCUT2D eigenvalue weighted by atomic mass is 9.77. The Hall–Kier alpha value is 0.270. The van der Waals surface area contributed by atoms with Crippen molar-refractivity contribution in [2.24, 2.45) is 17.6 Å². The van der Waals surface area contributed by atoms with Crippen molar-refractivity contribution in [3.8, 4) is 0 Å². The highest BCUT2D eigenvalue weighted by Gasteiger charge is 2.30. The SMILES string of the molecule is CCC1CCC(N)C(CN2CCSC(CC)C2)C1. The summed E-state index contributed by atoms with van der Waals surface area (Å²) >= 11 is 2.16. The van der Waals surface area contributed by atoms with Gasteiger partial charge >= 0.3 is 0 Å². The van der Waals surface area contributed by atoms with E-state index in [1.807, 2.05) is 0 Å². The Balaban J connectivity index is 1.83. The second kappa shape index (κ2) is 7.16. The van der Waals surface area contributed by atoms with Crippen LogP contribution in [-0.2, 0) is 0 Å². The second-order valence-electron chi connectivity index (χ2n) is 6.17. The molecule has 3 heteroatoms. The molecular weight excluding hydrogens is 240 g/mol. The Kier molecular flexibility index (Phi) is 5.84. The van der Waals surface area contributed by atoms with Gasteiger partial charge in [0.15, 0.2) is 0 Å². The average molecular weight is 270 g/mol. The van der Waals surface area contributed by atoms with Crippen LogP contribution in [0.4, 0.5) is 0 Å². The third kappa shape index (κ3) is 3.88. The number of rotatable bonds is 4. The van der Waals surface area contributed by atoms with Gasteiger partial charge in [0, 0.05) is 36.7 Å². The van der Waals surface area contributed by atoms with Crippen LogP contribution in [0.5, 0.6) is 0 Å². The predicted octanol–water partition coefficient (Wildman–Crippen LogP) is 2.97. The molecule has 0 aromatic rings. The fourth-order valence-electron chi connectivity index (χ4n) is 3.49. The highest BCUT2D eigenvalue weighted by atomic mass is 32.2.